The third-order valence-corrected chi connectivity index (χ3v) is 3.31. The predicted molar refractivity (Wildman–Crippen MR) is 79.6 cm³/mol. The van der Waals surface area contributed by atoms with Crippen molar-refractivity contribution in [1.29, 1.82) is 0 Å². The van der Waals surface area contributed by atoms with Crippen molar-refractivity contribution in [2.24, 2.45) is 11.7 Å². The van der Waals surface area contributed by atoms with E-state index in [0.29, 0.717) is 22.1 Å². The molecule has 0 radical (unpaired) electrons. The Labute approximate surface area is 125 Å². The molecule has 0 unspecified atom stereocenters. The fraction of sp³-hybridized carbons (Fsp3) is 0.538. The molecule has 3 N–H and O–H groups in total. The lowest BCUT2D eigenvalue weighted by Crippen LogP contribution is -2.30. The second-order valence-electron chi connectivity index (χ2n) is 4.46. The van der Waals surface area contributed by atoms with Crippen molar-refractivity contribution in [3.8, 4) is 11.5 Å². The Kier molecular flexibility index (Phi) is 7.52. The quantitative estimate of drug-likeness (QED) is 0.878. The maximum Gasteiger partial charge on any atom is 0.179 e. The summed E-state index contributed by atoms with van der Waals surface area (Å²) in [5.41, 5.74) is 6.67. The Balaban J connectivity index is 0.00000324. The van der Waals surface area contributed by atoms with Gasteiger partial charge in [-0.1, -0.05) is 31.5 Å². The summed E-state index contributed by atoms with van der Waals surface area (Å²) in [7, 11) is 3.05. The number of aliphatic hydroxyl groups excluding tert-OH is 1. The number of benzene rings is 1. The van der Waals surface area contributed by atoms with Crippen molar-refractivity contribution in [2.75, 3.05) is 14.2 Å². The summed E-state index contributed by atoms with van der Waals surface area (Å²) in [4.78, 5) is 0. The summed E-state index contributed by atoms with van der Waals surface area (Å²) in [6.07, 6.45) is -0.666. The van der Waals surface area contributed by atoms with Crippen LogP contribution in [0.2, 0.25) is 5.02 Å². The maximum atomic E-state index is 10.0. The van der Waals surface area contributed by atoms with Crippen molar-refractivity contribution in [2.45, 2.75) is 26.0 Å². The molecule has 0 spiro atoms. The zero-order valence-electron chi connectivity index (χ0n) is 11.5. The van der Waals surface area contributed by atoms with E-state index in [4.69, 9.17) is 26.8 Å². The Bertz CT molecular complexity index is 413. The van der Waals surface area contributed by atoms with E-state index in [9.17, 15) is 5.11 Å². The van der Waals surface area contributed by atoms with E-state index < -0.39 is 12.1 Å². The van der Waals surface area contributed by atoms with E-state index in [0.717, 1.165) is 0 Å². The van der Waals surface area contributed by atoms with E-state index >= 15 is 0 Å². The Morgan fingerprint density at radius 1 is 1.21 bits per heavy atom. The summed E-state index contributed by atoms with van der Waals surface area (Å²) in [6, 6.07) is 2.92. The SMILES string of the molecule is COc1ccc([C@H](N)[C@H](O)C(C)C)c(Cl)c1OC.Cl. The topological polar surface area (TPSA) is 64.7 Å². The first kappa shape index (κ1) is 18.3. The molecule has 0 amide bonds. The highest BCUT2D eigenvalue weighted by molar-refractivity contribution is 6.33. The molecule has 0 saturated heterocycles. The standard InChI is InChI=1S/C13H20ClNO3.ClH/c1-7(2)12(16)11(15)8-5-6-9(17-3)13(18-4)10(8)14;/h5-7,11-12,16H,15H2,1-4H3;1H/t11-,12+;/m0./s1. The molecule has 1 aromatic rings. The van der Waals surface area contributed by atoms with E-state index in [1.807, 2.05) is 13.8 Å². The van der Waals surface area contributed by atoms with Gasteiger partial charge in [-0.15, -0.1) is 12.4 Å². The summed E-state index contributed by atoms with van der Waals surface area (Å²) in [5, 5.41) is 10.4. The number of ether oxygens (including phenoxy) is 2. The molecule has 0 heterocycles. The molecule has 0 aliphatic heterocycles. The summed E-state index contributed by atoms with van der Waals surface area (Å²) in [5.74, 6) is 1.02. The highest BCUT2D eigenvalue weighted by atomic mass is 35.5. The molecule has 19 heavy (non-hydrogen) atoms. The second kappa shape index (κ2) is 7.80. The predicted octanol–water partition coefficient (Wildman–Crippen LogP) is 2.80. The van der Waals surface area contributed by atoms with Gasteiger partial charge in [-0.3, -0.25) is 0 Å². The van der Waals surface area contributed by atoms with Gasteiger partial charge >= 0.3 is 0 Å². The second-order valence-corrected chi connectivity index (χ2v) is 4.84. The molecule has 1 aromatic carbocycles. The van der Waals surface area contributed by atoms with Gasteiger partial charge in [0.25, 0.3) is 0 Å². The lowest BCUT2D eigenvalue weighted by Gasteiger charge is -2.24. The van der Waals surface area contributed by atoms with Gasteiger partial charge < -0.3 is 20.3 Å². The first-order valence-corrected chi connectivity index (χ1v) is 6.15. The molecular formula is C13H21Cl2NO3. The van der Waals surface area contributed by atoms with Gasteiger partial charge in [0, 0.05) is 0 Å². The minimum Gasteiger partial charge on any atom is -0.493 e. The average Bonchev–Trinajstić information content (AvgIpc) is 2.36. The fourth-order valence-electron chi connectivity index (χ4n) is 1.76. The van der Waals surface area contributed by atoms with Crippen LogP contribution in [0.3, 0.4) is 0 Å². The number of rotatable bonds is 5. The highest BCUT2D eigenvalue weighted by Crippen LogP contribution is 2.40. The van der Waals surface area contributed by atoms with Crippen molar-refractivity contribution in [3.05, 3.63) is 22.7 Å². The smallest absolute Gasteiger partial charge is 0.179 e. The lowest BCUT2D eigenvalue weighted by atomic mass is 9.94. The molecule has 0 saturated carbocycles. The van der Waals surface area contributed by atoms with Gasteiger partial charge in [0.1, 0.15) is 0 Å². The number of nitrogens with two attached hydrogens (primary N) is 1. The zero-order chi connectivity index (χ0) is 13.9. The van der Waals surface area contributed by atoms with Crippen molar-refractivity contribution in [1.82, 2.24) is 0 Å². The van der Waals surface area contributed by atoms with Crippen LogP contribution in [0.5, 0.6) is 11.5 Å². The maximum absolute atomic E-state index is 10.0. The van der Waals surface area contributed by atoms with Gasteiger partial charge in [-0.2, -0.15) is 0 Å². The normalized spacial score (nSPS) is 13.7. The Hall–Kier alpha value is -0.680. The van der Waals surface area contributed by atoms with Crippen LogP contribution in [0.4, 0.5) is 0 Å². The number of hydrogen-bond acceptors (Lipinski definition) is 4. The number of methoxy groups -OCH3 is 2. The molecule has 6 heteroatoms. The first-order valence-electron chi connectivity index (χ1n) is 5.78. The highest BCUT2D eigenvalue weighted by Gasteiger charge is 2.24. The molecule has 4 nitrogen and oxygen atoms in total. The molecule has 110 valence electrons. The van der Waals surface area contributed by atoms with Gasteiger partial charge in [-0.25, -0.2) is 0 Å². The Morgan fingerprint density at radius 2 is 1.79 bits per heavy atom. The molecule has 0 aromatic heterocycles. The monoisotopic (exact) mass is 309 g/mol. The largest absolute Gasteiger partial charge is 0.493 e. The molecule has 0 bridgehead atoms. The van der Waals surface area contributed by atoms with E-state index in [1.165, 1.54) is 14.2 Å². The van der Waals surface area contributed by atoms with E-state index in [2.05, 4.69) is 0 Å². The third-order valence-electron chi connectivity index (χ3n) is 2.92. The van der Waals surface area contributed by atoms with Crippen LogP contribution < -0.4 is 15.2 Å². The van der Waals surface area contributed by atoms with Crippen LogP contribution in [0, 0.1) is 5.92 Å². The van der Waals surface area contributed by atoms with Gasteiger partial charge in [0.05, 0.1) is 31.4 Å². The van der Waals surface area contributed by atoms with Crippen molar-refractivity contribution < 1.29 is 14.6 Å². The van der Waals surface area contributed by atoms with Gasteiger partial charge in [0.15, 0.2) is 11.5 Å². The van der Waals surface area contributed by atoms with Crippen LogP contribution >= 0.6 is 24.0 Å². The summed E-state index contributed by atoms with van der Waals surface area (Å²) < 4.78 is 10.4. The van der Waals surface area contributed by atoms with E-state index in [1.54, 1.807) is 12.1 Å². The Morgan fingerprint density at radius 3 is 2.21 bits per heavy atom. The van der Waals surface area contributed by atoms with Crippen LogP contribution in [0.25, 0.3) is 0 Å². The fourth-order valence-corrected chi connectivity index (χ4v) is 2.12. The molecule has 2 atom stereocenters. The number of halogens is 2. The van der Waals surface area contributed by atoms with Crippen LogP contribution in [0.15, 0.2) is 12.1 Å². The van der Waals surface area contributed by atoms with Crippen LogP contribution in [0.1, 0.15) is 25.5 Å². The van der Waals surface area contributed by atoms with Crippen LogP contribution in [-0.2, 0) is 0 Å². The van der Waals surface area contributed by atoms with Gasteiger partial charge in [0.2, 0.25) is 0 Å². The molecular weight excluding hydrogens is 289 g/mol. The van der Waals surface area contributed by atoms with Crippen molar-refractivity contribution >= 4 is 24.0 Å². The van der Waals surface area contributed by atoms with Crippen LogP contribution in [-0.4, -0.2) is 25.4 Å². The van der Waals surface area contributed by atoms with E-state index in [-0.39, 0.29) is 18.3 Å². The average molecular weight is 310 g/mol. The molecule has 0 aliphatic rings. The molecule has 1 rings (SSSR count). The van der Waals surface area contributed by atoms with Gasteiger partial charge in [-0.05, 0) is 17.5 Å². The first-order chi connectivity index (χ1) is 8.43. The number of hydrogen-bond donors (Lipinski definition) is 2. The molecule has 0 fully saturated rings. The number of aliphatic hydroxyl groups is 1. The third kappa shape index (κ3) is 3.89. The summed E-state index contributed by atoms with van der Waals surface area (Å²) in [6.45, 7) is 3.80. The van der Waals surface area contributed by atoms with Crippen molar-refractivity contribution in [3.63, 3.8) is 0 Å². The minimum atomic E-state index is -0.666. The summed E-state index contributed by atoms with van der Waals surface area (Å²) >= 11 is 6.24. The minimum absolute atomic E-state index is 0. The molecule has 0 aliphatic carbocycles. The zero-order valence-corrected chi connectivity index (χ0v) is 13.1. The lowest BCUT2D eigenvalue weighted by molar-refractivity contribution is 0.0979.